The van der Waals surface area contributed by atoms with Crippen LogP contribution in [0.25, 0.3) is 0 Å². The maximum absolute atomic E-state index is 11.9. The molecule has 0 fully saturated rings. The van der Waals surface area contributed by atoms with Gasteiger partial charge in [-0.1, -0.05) is 11.6 Å². The van der Waals surface area contributed by atoms with Crippen molar-refractivity contribution in [2.45, 2.75) is 0 Å². The lowest BCUT2D eigenvalue weighted by atomic mass is 10.1. The van der Waals surface area contributed by atoms with E-state index in [1.54, 1.807) is 47.2 Å². The predicted octanol–water partition coefficient (Wildman–Crippen LogP) is 3.58. The number of carbonyl (C=O) groups is 1. The maximum atomic E-state index is 11.9. The highest BCUT2D eigenvalue weighted by atomic mass is 35.5. The minimum atomic E-state index is -0.398. The van der Waals surface area contributed by atoms with E-state index in [4.69, 9.17) is 16.9 Å². The van der Waals surface area contributed by atoms with Crippen LogP contribution in [-0.4, -0.2) is 11.5 Å². The van der Waals surface area contributed by atoms with E-state index >= 15 is 0 Å². The highest BCUT2D eigenvalue weighted by Gasteiger charge is 2.14. The minimum Gasteiger partial charge on any atom is -0.286 e. The number of hydrogen-bond donors (Lipinski definition) is 1. The summed E-state index contributed by atoms with van der Waals surface area (Å²) < 4.78 is 0. The molecule has 1 heterocycles. The van der Waals surface area contributed by atoms with Crippen molar-refractivity contribution in [1.29, 1.82) is 5.26 Å². The molecule has 0 amide bonds. The molecular weight excluding hydrogens is 282 g/mol. The SMILES string of the molecule is N#C/C(=N/Nc1ccc(Cl)cc1)C(=O)c1ccsc1. The van der Waals surface area contributed by atoms with Crippen molar-refractivity contribution < 1.29 is 4.79 Å². The molecule has 19 heavy (non-hydrogen) atoms. The average Bonchev–Trinajstić information content (AvgIpc) is 2.95. The minimum absolute atomic E-state index is 0.187. The molecule has 0 aliphatic rings. The molecule has 6 heteroatoms. The van der Waals surface area contributed by atoms with Gasteiger partial charge in [0.2, 0.25) is 11.5 Å². The van der Waals surface area contributed by atoms with Gasteiger partial charge in [0.25, 0.3) is 0 Å². The molecule has 0 spiro atoms. The van der Waals surface area contributed by atoms with Gasteiger partial charge in [0, 0.05) is 16.0 Å². The van der Waals surface area contributed by atoms with Crippen LogP contribution in [-0.2, 0) is 0 Å². The molecule has 4 nitrogen and oxygen atoms in total. The zero-order valence-electron chi connectivity index (χ0n) is 9.63. The van der Waals surface area contributed by atoms with Gasteiger partial charge in [-0.15, -0.1) is 0 Å². The number of hydrogen-bond acceptors (Lipinski definition) is 5. The Morgan fingerprint density at radius 3 is 2.63 bits per heavy atom. The molecule has 0 saturated heterocycles. The van der Waals surface area contributed by atoms with Gasteiger partial charge in [0.1, 0.15) is 6.07 Å². The van der Waals surface area contributed by atoms with E-state index in [0.29, 0.717) is 16.3 Å². The smallest absolute Gasteiger partial charge is 0.224 e. The Morgan fingerprint density at radius 2 is 2.05 bits per heavy atom. The number of nitriles is 1. The van der Waals surface area contributed by atoms with Crippen molar-refractivity contribution in [1.82, 2.24) is 0 Å². The monoisotopic (exact) mass is 289 g/mol. The summed E-state index contributed by atoms with van der Waals surface area (Å²) >= 11 is 7.14. The van der Waals surface area contributed by atoms with Crippen molar-refractivity contribution in [3.63, 3.8) is 0 Å². The normalized spacial score (nSPS) is 10.8. The Hall–Kier alpha value is -2.16. The van der Waals surface area contributed by atoms with E-state index in [1.807, 2.05) is 0 Å². The van der Waals surface area contributed by atoms with E-state index in [1.165, 1.54) is 11.3 Å². The van der Waals surface area contributed by atoms with Crippen LogP contribution in [0.15, 0.2) is 46.2 Å². The number of rotatable bonds is 4. The van der Waals surface area contributed by atoms with Crippen LogP contribution in [0.4, 0.5) is 5.69 Å². The molecule has 2 rings (SSSR count). The quantitative estimate of drug-likeness (QED) is 0.531. The van der Waals surface area contributed by atoms with E-state index in [9.17, 15) is 4.79 Å². The predicted molar refractivity (Wildman–Crippen MR) is 76.8 cm³/mol. The fourth-order valence-electron chi connectivity index (χ4n) is 1.30. The Balaban J connectivity index is 2.14. The van der Waals surface area contributed by atoms with E-state index in [0.717, 1.165) is 0 Å². The van der Waals surface area contributed by atoms with E-state index in [-0.39, 0.29) is 5.71 Å². The molecule has 0 saturated carbocycles. The number of Topliss-reactive ketones (excluding diaryl/α,β-unsaturated/α-hetero) is 1. The molecule has 0 aliphatic carbocycles. The second-order valence-corrected chi connectivity index (χ2v) is 4.75. The van der Waals surface area contributed by atoms with Gasteiger partial charge in [-0.2, -0.15) is 21.7 Å². The molecule has 94 valence electrons. The number of nitrogens with zero attached hydrogens (tertiary/aromatic N) is 2. The number of ketones is 1. The average molecular weight is 290 g/mol. The van der Waals surface area contributed by atoms with Gasteiger partial charge in [0.15, 0.2) is 0 Å². The molecular formula is C13H8ClN3OS. The molecule has 1 aromatic heterocycles. The summed E-state index contributed by atoms with van der Waals surface area (Å²) in [5, 5.41) is 16.8. The largest absolute Gasteiger partial charge is 0.286 e. The Morgan fingerprint density at radius 1 is 1.32 bits per heavy atom. The number of halogens is 1. The van der Waals surface area contributed by atoms with E-state index < -0.39 is 5.78 Å². The lowest BCUT2D eigenvalue weighted by Crippen LogP contribution is -2.13. The highest BCUT2D eigenvalue weighted by molar-refractivity contribution is 7.08. The van der Waals surface area contributed by atoms with Gasteiger partial charge in [0.05, 0.1) is 5.69 Å². The number of anilines is 1. The van der Waals surface area contributed by atoms with E-state index in [2.05, 4.69) is 10.5 Å². The van der Waals surface area contributed by atoms with Crippen LogP contribution in [0.3, 0.4) is 0 Å². The number of thiophene rings is 1. The second-order valence-electron chi connectivity index (χ2n) is 3.53. The first-order valence-electron chi connectivity index (χ1n) is 5.27. The molecule has 0 aliphatic heterocycles. The number of hydrazone groups is 1. The number of carbonyl (C=O) groups excluding carboxylic acids is 1. The summed E-state index contributed by atoms with van der Waals surface area (Å²) in [5.41, 5.74) is 3.58. The van der Waals surface area contributed by atoms with Crippen molar-refractivity contribution in [2.24, 2.45) is 5.10 Å². The Bertz CT molecular complexity index is 642. The van der Waals surface area contributed by atoms with Crippen molar-refractivity contribution in [3.8, 4) is 6.07 Å². The van der Waals surface area contributed by atoms with Gasteiger partial charge in [-0.3, -0.25) is 10.2 Å². The van der Waals surface area contributed by atoms with Gasteiger partial charge in [-0.25, -0.2) is 0 Å². The number of benzene rings is 1. The summed E-state index contributed by atoms with van der Waals surface area (Å²) in [6.45, 7) is 0. The fraction of sp³-hybridized carbons (Fsp3) is 0. The molecule has 0 atom stereocenters. The standard InChI is InChI=1S/C13H8ClN3OS/c14-10-1-3-11(4-2-10)16-17-12(7-15)13(18)9-5-6-19-8-9/h1-6,8,16H/b17-12-. The lowest BCUT2D eigenvalue weighted by Gasteiger charge is -2.00. The Kier molecular flexibility index (Phi) is 4.29. The summed E-state index contributed by atoms with van der Waals surface area (Å²) in [5.74, 6) is -0.398. The summed E-state index contributed by atoms with van der Waals surface area (Å²) in [4.78, 5) is 11.9. The first-order valence-corrected chi connectivity index (χ1v) is 6.59. The molecule has 2 aromatic rings. The second kappa shape index (κ2) is 6.14. The van der Waals surface area contributed by atoms with Crippen molar-refractivity contribution in [2.75, 3.05) is 5.43 Å². The molecule has 0 bridgehead atoms. The molecule has 1 aromatic carbocycles. The third-order valence-electron chi connectivity index (χ3n) is 2.25. The highest BCUT2D eigenvalue weighted by Crippen LogP contribution is 2.13. The third kappa shape index (κ3) is 3.41. The molecule has 0 radical (unpaired) electrons. The van der Waals surface area contributed by atoms with Gasteiger partial charge in [-0.05, 0) is 35.7 Å². The Labute approximate surface area is 118 Å². The molecule has 1 N–H and O–H groups in total. The van der Waals surface area contributed by atoms with Crippen LogP contribution < -0.4 is 5.43 Å². The van der Waals surface area contributed by atoms with Crippen molar-refractivity contribution in [3.05, 3.63) is 51.7 Å². The van der Waals surface area contributed by atoms with Crippen LogP contribution in [0.5, 0.6) is 0 Å². The van der Waals surface area contributed by atoms with Crippen LogP contribution >= 0.6 is 22.9 Å². The summed E-state index contributed by atoms with van der Waals surface area (Å²) in [6.07, 6.45) is 0. The zero-order chi connectivity index (χ0) is 13.7. The molecule has 0 unspecified atom stereocenters. The summed E-state index contributed by atoms with van der Waals surface area (Å²) in [7, 11) is 0. The van der Waals surface area contributed by atoms with Crippen LogP contribution in [0.2, 0.25) is 5.02 Å². The first kappa shape index (κ1) is 13.3. The van der Waals surface area contributed by atoms with Gasteiger partial charge >= 0.3 is 0 Å². The third-order valence-corrected chi connectivity index (χ3v) is 3.18. The first-order chi connectivity index (χ1) is 9.20. The lowest BCUT2D eigenvalue weighted by molar-refractivity contribution is 0.106. The summed E-state index contributed by atoms with van der Waals surface area (Å²) in [6, 6.07) is 10.2. The van der Waals surface area contributed by atoms with Crippen LogP contribution in [0.1, 0.15) is 10.4 Å². The maximum Gasteiger partial charge on any atom is 0.224 e. The van der Waals surface area contributed by atoms with Crippen LogP contribution in [0, 0.1) is 11.3 Å². The zero-order valence-corrected chi connectivity index (χ0v) is 11.2. The topological polar surface area (TPSA) is 65.2 Å². The number of nitrogens with one attached hydrogen (secondary N) is 1. The van der Waals surface area contributed by atoms with Gasteiger partial charge < -0.3 is 0 Å². The fourth-order valence-corrected chi connectivity index (χ4v) is 2.06. The van der Waals surface area contributed by atoms with Crippen molar-refractivity contribution >= 4 is 40.1 Å².